The third kappa shape index (κ3) is 2.10. The van der Waals surface area contributed by atoms with Gasteiger partial charge >= 0.3 is 5.76 Å². The van der Waals surface area contributed by atoms with Crippen LogP contribution in [0.25, 0.3) is 11.1 Å². The Kier molecular flexibility index (Phi) is 2.60. The fourth-order valence-corrected chi connectivity index (χ4v) is 1.56. The minimum atomic E-state index is -0.415. The van der Waals surface area contributed by atoms with Crippen LogP contribution in [0.3, 0.4) is 0 Å². The molecule has 0 aliphatic carbocycles. The van der Waals surface area contributed by atoms with Crippen molar-refractivity contribution in [3.63, 3.8) is 0 Å². The molecule has 0 radical (unpaired) electrons. The molecule has 0 bridgehead atoms. The summed E-state index contributed by atoms with van der Waals surface area (Å²) in [5.74, 6) is -0.415. The van der Waals surface area contributed by atoms with Crippen LogP contribution in [0.1, 0.15) is 18.9 Å². The molecule has 0 spiro atoms. The predicted octanol–water partition coefficient (Wildman–Crippen LogP) is 1.40. The van der Waals surface area contributed by atoms with Gasteiger partial charge in [-0.2, -0.15) is 0 Å². The number of nitrogens with two attached hydrogens (primary N) is 1. The molecule has 15 heavy (non-hydrogen) atoms. The normalized spacial score (nSPS) is 13.2. The first-order valence-corrected chi connectivity index (χ1v) is 5.06. The highest BCUT2D eigenvalue weighted by atomic mass is 16.4. The van der Waals surface area contributed by atoms with Crippen molar-refractivity contribution in [1.29, 1.82) is 0 Å². The molecular formula is C11H14N2O2. The van der Waals surface area contributed by atoms with Crippen molar-refractivity contribution < 1.29 is 4.42 Å². The molecule has 0 saturated heterocycles. The molecule has 1 heterocycles. The molecular weight excluding hydrogens is 192 g/mol. The summed E-state index contributed by atoms with van der Waals surface area (Å²) < 4.78 is 4.97. The summed E-state index contributed by atoms with van der Waals surface area (Å²) in [5.41, 5.74) is 8.28. The van der Waals surface area contributed by atoms with E-state index < -0.39 is 5.76 Å². The van der Waals surface area contributed by atoms with E-state index in [1.165, 1.54) is 0 Å². The van der Waals surface area contributed by atoms with Crippen LogP contribution in [0.5, 0.6) is 0 Å². The molecule has 2 rings (SSSR count). The Hall–Kier alpha value is -1.55. The lowest BCUT2D eigenvalue weighted by Crippen LogP contribution is -2.21. The monoisotopic (exact) mass is 206 g/mol. The number of H-pyrrole nitrogens is 1. The number of benzene rings is 1. The zero-order chi connectivity index (χ0) is 10.8. The number of aromatic nitrogens is 1. The minimum Gasteiger partial charge on any atom is -0.408 e. The third-order valence-corrected chi connectivity index (χ3v) is 2.51. The Morgan fingerprint density at radius 1 is 1.53 bits per heavy atom. The van der Waals surface area contributed by atoms with Crippen LogP contribution < -0.4 is 11.5 Å². The van der Waals surface area contributed by atoms with Crippen LogP contribution in [0.15, 0.2) is 27.4 Å². The van der Waals surface area contributed by atoms with Crippen LogP contribution in [-0.4, -0.2) is 11.0 Å². The Morgan fingerprint density at radius 3 is 3.07 bits per heavy atom. The smallest absolute Gasteiger partial charge is 0.408 e. The van der Waals surface area contributed by atoms with E-state index in [4.69, 9.17) is 10.2 Å². The summed E-state index contributed by atoms with van der Waals surface area (Å²) >= 11 is 0. The van der Waals surface area contributed by atoms with E-state index in [1.807, 2.05) is 18.2 Å². The molecule has 4 nitrogen and oxygen atoms in total. The molecule has 2 aromatic rings. The molecule has 0 saturated carbocycles. The molecule has 1 aromatic carbocycles. The minimum absolute atomic E-state index is 0.160. The van der Waals surface area contributed by atoms with Crippen molar-refractivity contribution in [1.82, 2.24) is 4.98 Å². The lowest BCUT2D eigenvalue weighted by Gasteiger charge is -2.07. The average molecular weight is 206 g/mol. The maximum absolute atomic E-state index is 10.9. The first-order valence-electron chi connectivity index (χ1n) is 5.06. The fraction of sp³-hybridized carbons (Fsp3) is 0.364. The number of hydrogen-bond donors (Lipinski definition) is 2. The Morgan fingerprint density at radius 2 is 2.33 bits per heavy atom. The Bertz CT molecular complexity index is 513. The topological polar surface area (TPSA) is 72.0 Å². The Balaban J connectivity index is 2.34. The van der Waals surface area contributed by atoms with E-state index in [-0.39, 0.29) is 6.04 Å². The highest BCUT2D eigenvalue weighted by Crippen LogP contribution is 2.13. The van der Waals surface area contributed by atoms with Crippen molar-refractivity contribution in [3.8, 4) is 0 Å². The van der Waals surface area contributed by atoms with Crippen LogP contribution in [0.2, 0.25) is 0 Å². The second-order valence-electron chi connectivity index (χ2n) is 3.72. The van der Waals surface area contributed by atoms with Crippen molar-refractivity contribution in [3.05, 3.63) is 34.3 Å². The van der Waals surface area contributed by atoms with Crippen LogP contribution in [-0.2, 0) is 6.42 Å². The van der Waals surface area contributed by atoms with Crippen molar-refractivity contribution in [2.24, 2.45) is 5.73 Å². The van der Waals surface area contributed by atoms with E-state index >= 15 is 0 Å². The maximum Gasteiger partial charge on any atom is 0.417 e. The second kappa shape index (κ2) is 3.90. The lowest BCUT2D eigenvalue weighted by molar-refractivity contribution is 0.554. The average Bonchev–Trinajstić information content (AvgIpc) is 2.57. The van der Waals surface area contributed by atoms with E-state index in [0.29, 0.717) is 5.58 Å². The van der Waals surface area contributed by atoms with Gasteiger partial charge in [-0.1, -0.05) is 13.0 Å². The summed E-state index contributed by atoms with van der Waals surface area (Å²) in [6.45, 7) is 2.06. The van der Waals surface area contributed by atoms with E-state index in [2.05, 4.69) is 11.9 Å². The van der Waals surface area contributed by atoms with Gasteiger partial charge in [0.25, 0.3) is 0 Å². The van der Waals surface area contributed by atoms with Gasteiger partial charge in [0.05, 0.1) is 5.52 Å². The van der Waals surface area contributed by atoms with Crippen LogP contribution in [0, 0.1) is 0 Å². The van der Waals surface area contributed by atoms with E-state index in [0.717, 1.165) is 23.9 Å². The molecule has 4 heteroatoms. The molecule has 1 atom stereocenters. The molecule has 0 fully saturated rings. The van der Waals surface area contributed by atoms with E-state index in [1.54, 1.807) is 0 Å². The SMILES string of the molecule is CCC(N)Cc1ccc2[nH]c(=O)oc2c1. The first-order chi connectivity index (χ1) is 7.19. The lowest BCUT2D eigenvalue weighted by atomic mass is 10.0. The van der Waals surface area contributed by atoms with Crippen LogP contribution >= 0.6 is 0 Å². The number of rotatable bonds is 3. The highest BCUT2D eigenvalue weighted by Gasteiger charge is 2.05. The predicted molar refractivity (Wildman–Crippen MR) is 58.8 cm³/mol. The van der Waals surface area contributed by atoms with Gasteiger partial charge in [-0.25, -0.2) is 4.79 Å². The third-order valence-electron chi connectivity index (χ3n) is 2.51. The Labute approximate surface area is 87.1 Å². The van der Waals surface area contributed by atoms with Crippen molar-refractivity contribution in [2.45, 2.75) is 25.8 Å². The van der Waals surface area contributed by atoms with Gasteiger partial charge in [0, 0.05) is 6.04 Å². The van der Waals surface area contributed by atoms with Gasteiger partial charge in [0.15, 0.2) is 5.58 Å². The summed E-state index contributed by atoms with van der Waals surface area (Å²) in [7, 11) is 0. The first kappa shape index (κ1) is 9.98. The van der Waals surface area contributed by atoms with E-state index in [9.17, 15) is 4.79 Å². The molecule has 0 amide bonds. The number of aromatic amines is 1. The standard InChI is InChI=1S/C11H14N2O2/c1-2-8(12)5-7-3-4-9-10(6-7)15-11(14)13-9/h3-4,6,8H,2,5,12H2,1H3,(H,13,14). The van der Waals surface area contributed by atoms with Crippen molar-refractivity contribution in [2.75, 3.05) is 0 Å². The van der Waals surface area contributed by atoms with Gasteiger partial charge in [-0.05, 0) is 30.5 Å². The van der Waals surface area contributed by atoms with Gasteiger partial charge in [0.1, 0.15) is 0 Å². The zero-order valence-corrected chi connectivity index (χ0v) is 8.62. The molecule has 1 aromatic heterocycles. The molecule has 0 aliphatic rings. The molecule has 1 unspecified atom stereocenters. The number of fused-ring (bicyclic) bond motifs is 1. The molecule has 80 valence electrons. The summed E-state index contributed by atoms with van der Waals surface area (Å²) in [6.07, 6.45) is 1.75. The number of hydrogen-bond acceptors (Lipinski definition) is 3. The quantitative estimate of drug-likeness (QED) is 0.797. The molecule has 0 aliphatic heterocycles. The summed E-state index contributed by atoms with van der Waals surface area (Å²) in [5, 5.41) is 0. The summed E-state index contributed by atoms with van der Waals surface area (Å²) in [6, 6.07) is 5.83. The fourth-order valence-electron chi connectivity index (χ4n) is 1.56. The number of oxazole rings is 1. The van der Waals surface area contributed by atoms with Gasteiger partial charge in [-0.15, -0.1) is 0 Å². The maximum atomic E-state index is 10.9. The highest BCUT2D eigenvalue weighted by molar-refractivity contribution is 5.72. The van der Waals surface area contributed by atoms with Gasteiger partial charge in [-0.3, -0.25) is 4.98 Å². The van der Waals surface area contributed by atoms with Gasteiger partial charge < -0.3 is 10.2 Å². The zero-order valence-electron chi connectivity index (χ0n) is 8.62. The largest absolute Gasteiger partial charge is 0.417 e. The summed E-state index contributed by atoms with van der Waals surface area (Å²) in [4.78, 5) is 13.5. The van der Waals surface area contributed by atoms with Gasteiger partial charge in [0.2, 0.25) is 0 Å². The van der Waals surface area contributed by atoms with Crippen molar-refractivity contribution >= 4 is 11.1 Å². The number of nitrogens with one attached hydrogen (secondary N) is 1. The second-order valence-corrected chi connectivity index (χ2v) is 3.72. The van der Waals surface area contributed by atoms with Crippen LogP contribution in [0.4, 0.5) is 0 Å². The molecule has 3 N–H and O–H groups in total.